The second kappa shape index (κ2) is 14.6. The zero-order valence-corrected chi connectivity index (χ0v) is 21.1. The molecule has 33 heavy (non-hydrogen) atoms. The van der Waals surface area contributed by atoms with Gasteiger partial charge in [-0.1, -0.05) is 70.4 Å². The van der Waals surface area contributed by atoms with Crippen LogP contribution in [0.4, 0.5) is 17.1 Å². The van der Waals surface area contributed by atoms with E-state index in [-0.39, 0.29) is 5.91 Å². The SMILES string of the molecule is CCCCCCCCCCCC(=O)Nc1ccc(N=Nc2ccc(C[N+](C)(C)C)cc2)cc1. The van der Waals surface area contributed by atoms with Crippen molar-refractivity contribution in [3.8, 4) is 0 Å². The molecular weight excluding hydrogens is 408 g/mol. The zero-order valence-electron chi connectivity index (χ0n) is 21.1. The molecule has 0 fully saturated rings. The Morgan fingerprint density at radius 3 is 1.73 bits per heavy atom. The van der Waals surface area contributed by atoms with Gasteiger partial charge in [-0.05, 0) is 42.8 Å². The molecule has 0 atom stereocenters. The van der Waals surface area contributed by atoms with Crippen LogP contribution in [0.15, 0.2) is 58.8 Å². The molecule has 0 saturated carbocycles. The summed E-state index contributed by atoms with van der Waals surface area (Å²) >= 11 is 0. The van der Waals surface area contributed by atoms with Crippen LogP contribution in [-0.4, -0.2) is 31.5 Å². The lowest BCUT2D eigenvalue weighted by molar-refractivity contribution is -0.884. The standard InChI is InChI=1S/C28H42N4O/c1-5-6-7-8-9-10-11-12-13-14-28(33)29-25-19-21-27(22-20-25)31-30-26-17-15-24(16-18-26)23-32(2,3)4/h15-22H,5-14,23H2,1-4H3/p+1. The van der Waals surface area contributed by atoms with E-state index in [0.29, 0.717) is 6.42 Å². The van der Waals surface area contributed by atoms with Gasteiger partial charge >= 0.3 is 0 Å². The maximum atomic E-state index is 12.2. The number of nitrogens with one attached hydrogen (secondary N) is 1. The highest BCUT2D eigenvalue weighted by atomic mass is 16.1. The van der Waals surface area contributed by atoms with E-state index in [1.54, 1.807) is 0 Å². The molecule has 2 aromatic carbocycles. The van der Waals surface area contributed by atoms with Crippen molar-refractivity contribution < 1.29 is 9.28 Å². The van der Waals surface area contributed by atoms with Crippen LogP contribution in [0.3, 0.4) is 0 Å². The number of carbonyl (C=O) groups excluding carboxylic acids is 1. The minimum Gasteiger partial charge on any atom is -0.327 e. The number of nitrogens with zero attached hydrogens (tertiary/aromatic N) is 3. The fraction of sp³-hybridized carbons (Fsp3) is 0.536. The van der Waals surface area contributed by atoms with Crippen molar-refractivity contribution in [2.75, 3.05) is 26.5 Å². The number of carbonyl (C=O) groups is 1. The van der Waals surface area contributed by atoms with Gasteiger partial charge in [0.2, 0.25) is 5.91 Å². The Labute approximate surface area is 200 Å². The van der Waals surface area contributed by atoms with Gasteiger partial charge in [0.1, 0.15) is 6.54 Å². The van der Waals surface area contributed by atoms with E-state index in [1.807, 2.05) is 36.4 Å². The molecule has 2 rings (SSSR count). The lowest BCUT2D eigenvalue weighted by Gasteiger charge is -2.23. The summed E-state index contributed by atoms with van der Waals surface area (Å²) < 4.78 is 0.892. The van der Waals surface area contributed by atoms with Crippen LogP contribution in [0.1, 0.15) is 76.7 Å². The Morgan fingerprint density at radius 1 is 0.727 bits per heavy atom. The Bertz CT molecular complexity index is 836. The van der Waals surface area contributed by atoms with Crippen LogP contribution in [0.25, 0.3) is 0 Å². The normalized spacial score (nSPS) is 11.8. The summed E-state index contributed by atoms with van der Waals surface area (Å²) in [5, 5.41) is 11.6. The first-order valence-electron chi connectivity index (χ1n) is 12.6. The molecular formula is C28H43N4O+. The number of unbranched alkanes of at least 4 members (excludes halogenated alkanes) is 8. The smallest absolute Gasteiger partial charge is 0.224 e. The van der Waals surface area contributed by atoms with Gasteiger partial charge in [-0.3, -0.25) is 4.79 Å². The van der Waals surface area contributed by atoms with Crippen molar-refractivity contribution >= 4 is 23.0 Å². The second-order valence-corrected chi connectivity index (χ2v) is 9.99. The molecule has 1 N–H and O–H groups in total. The Kier molecular flexibility index (Phi) is 11.8. The van der Waals surface area contributed by atoms with Gasteiger partial charge in [0, 0.05) is 17.7 Å². The van der Waals surface area contributed by atoms with E-state index < -0.39 is 0 Å². The first-order chi connectivity index (χ1) is 15.9. The molecule has 2 aromatic rings. The summed E-state index contributed by atoms with van der Waals surface area (Å²) in [5.41, 5.74) is 3.68. The molecule has 0 aromatic heterocycles. The fourth-order valence-corrected chi connectivity index (χ4v) is 3.76. The molecule has 0 spiro atoms. The van der Waals surface area contributed by atoms with Crippen molar-refractivity contribution in [2.45, 2.75) is 77.7 Å². The quantitative estimate of drug-likeness (QED) is 0.166. The maximum absolute atomic E-state index is 12.2. The summed E-state index contributed by atoms with van der Waals surface area (Å²) in [6.45, 7) is 3.22. The van der Waals surface area contributed by atoms with E-state index in [4.69, 9.17) is 0 Å². The summed E-state index contributed by atoms with van der Waals surface area (Å²) in [4.78, 5) is 12.2. The number of anilines is 1. The predicted molar refractivity (Wildman–Crippen MR) is 139 cm³/mol. The predicted octanol–water partition coefficient (Wildman–Crippen LogP) is 8.17. The van der Waals surface area contributed by atoms with E-state index in [9.17, 15) is 4.79 Å². The van der Waals surface area contributed by atoms with Gasteiger partial charge in [0.15, 0.2) is 0 Å². The Balaban J connectivity index is 1.67. The molecule has 0 heterocycles. The van der Waals surface area contributed by atoms with Crippen molar-refractivity contribution in [3.05, 3.63) is 54.1 Å². The number of rotatable bonds is 15. The Morgan fingerprint density at radius 2 is 1.21 bits per heavy atom. The van der Waals surface area contributed by atoms with Gasteiger partial charge < -0.3 is 9.80 Å². The van der Waals surface area contributed by atoms with Gasteiger partial charge in [-0.25, -0.2) is 0 Å². The molecule has 5 heteroatoms. The number of quaternary nitrogens is 1. The van der Waals surface area contributed by atoms with Crippen molar-refractivity contribution in [1.29, 1.82) is 0 Å². The van der Waals surface area contributed by atoms with E-state index in [1.165, 1.54) is 50.5 Å². The number of benzene rings is 2. The number of hydrogen-bond donors (Lipinski definition) is 1. The molecule has 0 aliphatic heterocycles. The van der Waals surface area contributed by atoms with Gasteiger partial charge in [-0.15, -0.1) is 0 Å². The molecule has 0 aliphatic carbocycles. The first-order valence-corrected chi connectivity index (χ1v) is 12.6. The average Bonchev–Trinajstić information content (AvgIpc) is 2.77. The third-order valence-electron chi connectivity index (χ3n) is 5.53. The summed E-state index contributed by atoms with van der Waals surface area (Å²) in [6.07, 6.45) is 11.9. The average molecular weight is 452 g/mol. The van der Waals surface area contributed by atoms with Crippen molar-refractivity contribution in [3.63, 3.8) is 0 Å². The molecule has 0 radical (unpaired) electrons. The topological polar surface area (TPSA) is 53.8 Å². The molecule has 1 amide bonds. The lowest BCUT2D eigenvalue weighted by atomic mass is 10.1. The zero-order chi connectivity index (χ0) is 23.9. The van der Waals surface area contributed by atoms with Crippen LogP contribution in [0, 0.1) is 0 Å². The molecule has 5 nitrogen and oxygen atoms in total. The van der Waals surface area contributed by atoms with E-state index in [2.05, 4.69) is 55.7 Å². The van der Waals surface area contributed by atoms with Crippen LogP contribution in [-0.2, 0) is 11.3 Å². The lowest BCUT2D eigenvalue weighted by Crippen LogP contribution is -2.33. The van der Waals surface area contributed by atoms with Crippen LogP contribution < -0.4 is 5.32 Å². The minimum atomic E-state index is 0.0845. The molecule has 0 aliphatic rings. The van der Waals surface area contributed by atoms with Crippen molar-refractivity contribution in [1.82, 2.24) is 0 Å². The minimum absolute atomic E-state index is 0.0845. The third-order valence-corrected chi connectivity index (χ3v) is 5.53. The summed E-state index contributed by atoms with van der Waals surface area (Å²) in [6, 6.07) is 15.7. The molecule has 180 valence electrons. The highest BCUT2D eigenvalue weighted by Crippen LogP contribution is 2.21. The van der Waals surface area contributed by atoms with Crippen LogP contribution >= 0.6 is 0 Å². The van der Waals surface area contributed by atoms with Gasteiger partial charge in [-0.2, -0.15) is 10.2 Å². The van der Waals surface area contributed by atoms with Crippen LogP contribution in [0.5, 0.6) is 0 Å². The highest BCUT2D eigenvalue weighted by molar-refractivity contribution is 5.90. The molecule has 0 unspecified atom stereocenters. The monoisotopic (exact) mass is 451 g/mol. The largest absolute Gasteiger partial charge is 0.327 e. The number of amides is 1. The number of azo groups is 1. The summed E-state index contributed by atoms with van der Waals surface area (Å²) in [5.74, 6) is 0.0845. The molecule has 0 bridgehead atoms. The fourth-order valence-electron chi connectivity index (χ4n) is 3.76. The van der Waals surface area contributed by atoms with Gasteiger partial charge in [0.05, 0.1) is 32.5 Å². The maximum Gasteiger partial charge on any atom is 0.224 e. The van der Waals surface area contributed by atoms with E-state index >= 15 is 0 Å². The van der Waals surface area contributed by atoms with Gasteiger partial charge in [0.25, 0.3) is 0 Å². The van der Waals surface area contributed by atoms with E-state index in [0.717, 1.165) is 40.9 Å². The Hall–Kier alpha value is -2.53. The third kappa shape index (κ3) is 12.3. The molecule has 0 saturated heterocycles. The second-order valence-electron chi connectivity index (χ2n) is 9.99. The first kappa shape index (κ1) is 26.7. The summed E-state index contributed by atoms with van der Waals surface area (Å²) in [7, 11) is 6.53. The number of hydrogen-bond acceptors (Lipinski definition) is 3. The van der Waals surface area contributed by atoms with Crippen LogP contribution in [0.2, 0.25) is 0 Å². The highest BCUT2D eigenvalue weighted by Gasteiger charge is 2.08. The van der Waals surface area contributed by atoms with Crippen molar-refractivity contribution in [2.24, 2.45) is 10.2 Å².